The number of halogens is 2. The van der Waals surface area contributed by atoms with Gasteiger partial charge in [0, 0.05) is 28.9 Å². The van der Waals surface area contributed by atoms with Gasteiger partial charge in [-0.05, 0) is 37.2 Å². The number of hydrogen-bond acceptors (Lipinski definition) is 6. The lowest BCUT2D eigenvalue weighted by Crippen LogP contribution is -2.10. The minimum atomic E-state index is -0.455. The minimum absolute atomic E-state index is 0.0602. The van der Waals surface area contributed by atoms with Gasteiger partial charge in [0.1, 0.15) is 23.7 Å². The van der Waals surface area contributed by atoms with E-state index in [9.17, 15) is 4.39 Å². The molecule has 2 N–H and O–H groups in total. The lowest BCUT2D eigenvalue weighted by molar-refractivity contribution is 0.405. The maximum atomic E-state index is 13.4. The van der Waals surface area contributed by atoms with Crippen LogP contribution in [0.3, 0.4) is 0 Å². The molecular formula is C19H18ClFN4OS. The predicted octanol–water partition coefficient (Wildman–Crippen LogP) is 4.63. The van der Waals surface area contributed by atoms with Gasteiger partial charge in [0.05, 0.1) is 22.5 Å². The van der Waals surface area contributed by atoms with Crippen LogP contribution in [0, 0.1) is 5.82 Å². The lowest BCUT2D eigenvalue weighted by atomic mass is 10.2. The molecule has 27 heavy (non-hydrogen) atoms. The number of thioether (sulfide) groups is 1. The summed E-state index contributed by atoms with van der Waals surface area (Å²) in [6.07, 6.45) is 2.61. The van der Waals surface area contributed by atoms with Crippen molar-refractivity contribution in [2.75, 3.05) is 25.5 Å². The summed E-state index contributed by atoms with van der Waals surface area (Å²) in [7, 11) is 1.67. The molecule has 0 amide bonds. The monoisotopic (exact) mass is 404 g/mol. The Bertz CT molecular complexity index is 981. The van der Waals surface area contributed by atoms with Crippen molar-refractivity contribution in [1.82, 2.24) is 15.3 Å². The van der Waals surface area contributed by atoms with E-state index in [1.807, 2.05) is 12.1 Å². The van der Waals surface area contributed by atoms with Crippen LogP contribution in [0.2, 0.25) is 5.02 Å². The summed E-state index contributed by atoms with van der Waals surface area (Å²) in [6, 6.07) is 8.45. The standard InChI is InChI=1S/C19H18ClFN4OS/c1-26-17-8-16-13(7-18(17)27-12-4-5-22-9-12)19(24-10-23-16)25-11-2-3-15(21)14(20)6-11/h2-3,6-8,10,12,22H,4-5,9H2,1H3,(H,23,24,25). The van der Waals surface area contributed by atoms with Crippen LogP contribution in [-0.2, 0) is 0 Å². The van der Waals surface area contributed by atoms with Gasteiger partial charge >= 0.3 is 0 Å². The number of rotatable bonds is 5. The number of nitrogens with zero attached hydrogens (tertiary/aromatic N) is 2. The molecule has 3 aromatic rings. The van der Waals surface area contributed by atoms with Crippen LogP contribution in [0.25, 0.3) is 10.9 Å². The Morgan fingerprint density at radius 3 is 2.93 bits per heavy atom. The van der Waals surface area contributed by atoms with Crippen molar-refractivity contribution in [2.45, 2.75) is 16.6 Å². The summed E-state index contributed by atoms with van der Waals surface area (Å²) < 4.78 is 19.0. The van der Waals surface area contributed by atoms with Crippen LogP contribution in [-0.4, -0.2) is 35.4 Å². The van der Waals surface area contributed by atoms with Crippen molar-refractivity contribution in [2.24, 2.45) is 0 Å². The summed E-state index contributed by atoms with van der Waals surface area (Å²) in [5.74, 6) is 0.981. The van der Waals surface area contributed by atoms with E-state index in [-0.39, 0.29) is 5.02 Å². The number of ether oxygens (including phenoxy) is 1. The molecule has 0 bridgehead atoms. The molecule has 0 spiro atoms. The van der Waals surface area contributed by atoms with Crippen molar-refractivity contribution in [3.8, 4) is 5.75 Å². The Kier molecular flexibility index (Phi) is 5.33. The first-order valence-electron chi connectivity index (χ1n) is 8.56. The number of aromatic nitrogens is 2. The molecule has 0 aliphatic carbocycles. The van der Waals surface area contributed by atoms with Crippen molar-refractivity contribution >= 4 is 45.8 Å². The van der Waals surface area contributed by atoms with Gasteiger partial charge in [-0.25, -0.2) is 14.4 Å². The first-order chi connectivity index (χ1) is 13.1. The van der Waals surface area contributed by atoms with Gasteiger partial charge in [0.25, 0.3) is 0 Å². The summed E-state index contributed by atoms with van der Waals surface area (Å²) in [5, 5.41) is 8.02. The summed E-state index contributed by atoms with van der Waals surface area (Å²) in [4.78, 5) is 9.77. The van der Waals surface area contributed by atoms with Crippen molar-refractivity contribution in [3.05, 3.63) is 47.5 Å². The molecule has 1 atom stereocenters. The van der Waals surface area contributed by atoms with Gasteiger partial charge in [0.2, 0.25) is 0 Å². The van der Waals surface area contributed by atoms with Gasteiger partial charge < -0.3 is 15.4 Å². The SMILES string of the molecule is COc1cc2ncnc(Nc3ccc(F)c(Cl)c3)c2cc1SC1CCNC1. The van der Waals surface area contributed by atoms with Gasteiger partial charge in [-0.3, -0.25) is 0 Å². The molecule has 1 aromatic heterocycles. The molecule has 5 nitrogen and oxygen atoms in total. The fraction of sp³-hybridized carbons (Fsp3) is 0.263. The Morgan fingerprint density at radius 1 is 1.30 bits per heavy atom. The largest absolute Gasteiger partial charge is 0.496 e. The van der Waals surface area contributed by atoms with Gasteiger partial charge in [-0.2, -0.15) is 0 Å². The third-order valence-corrected chi connectivity index (χ3v) is 6.01. The maximum Gasteiger partial charge on any atom is 0.141 e. The second-order valence-electron chi connectivity index (χ2n) is 6.23. The molecule has 1 aliphatic heterocycles. The van der Waals surface area contributed by atoms with Crippen LogP contribution in [0.5, 0.6) is 5.75 Å². The van der Waals surface area contributed by atoms with Crippen molar-refractivity contribution in [3.63, 3.8) is 0 Å². The second kappa shape index (κ2) is 7.88. The Hall–Kier alpha value is -2.09. The highest BCUT2D eigenvalue weighted by Gasteiger charge is 2.19. The highest BCUT2D eigenvalue weighted by molar-refractivity contribution is 8.00. The van der Waals surface area contributed by atoms with Crippen LogP contribution in [0.15, 0.2) is 41.6 Å². The topological polar surface area (TPSA) is 59.1 Å². The Morgan fingerprint density at radius 2 is 2.19 bits per heavy atom. The minimum Gasteiger partial charge on any atom is -0.496 e. The summed E-state index contributed by atoms with van der Waals surface area (Å²) in [6.45, 7) is 2.02. The van der Waals surface area contributed by atoms with Gasteiger partial charge in [-0.15, -0.1) is 11.8 Å². The van der Waals surface area contributed by atoms with Crippen LogP contribution in [0.1, 0.15) is 6.42 Å². The quantitative estimate of drug-likeness (QED) is 0.646. The van der Waals surface area contributed by atoms with E-state index in [2.05, 4.69) is 20.6 Å². The van der Waals surface area contributed by atoms with E-state index in [0.717, 1.165) is 41.1 Å². The number of hydrogen-bond donors (Lipinski definition) is 2. The van der Waals surface area contributed by atoms with Crippen molar-refractivity contribution in [1.29, 1.82) is 0 Å². The molecule has 140 valence electrons. The van der Waals surface area contributed by atoms with E-state index in [1.54, 1.807) is 24.9 Å². The lowest BCUT2D eigenvalue weighted by Gasteiger charge is -2.15. The van der Waals surface area contributed by atoms with E-state index in [4.69, 9.17) is 16.3 Å². The zero-order valence-corrected chi connectivity index (χ0v) is 16.2. The number of methoxy groups -OCH3 is 1. The van der Waals surface area contributed by atoms with Crippen LogP contribution >= 0.6 is 23.4 Å². The summed E-state index contributed by atoms with van der Waals surface area (Å²) >= 11 is 7.68. The number of anilines is 2. The number of nitrogens with one attached hydrogen (secondary N) is 2. The molecule has 1 saturated heterocycles. The normalized spacial score (nSPS) is 16.6. The van der Waals surface area contributed by atoms with Crippen molar-refractivity contribution < 1.29 is 9.13 Å². The maximum absolute atomic E-state index is 13.4. The van der Waals surface area contributed by atoms with E-state index >= 15 is 0 Å². The highest BCUT2D eigenvalue weighted by Crippen LogP contribution is 2.38. The molecule has 4 rings (SSSR count). The first-order valence-corrected chi connectivity index (χ1v) is 9.82. The fourth-order valence-electron chi connectivity index (χ4n) is 3.03. The van der Waals surface area contributed by atoms with Gasteiger partial charge in [-0.1, -0.05) is 11.6 Å². The molecule has 0 radical (unpaired) electrons. The number of benzene rings is 2. The zero-order chi connectivity index (χ0) is 18.8. The molecule has 2 aromatic carbocycles. The van der Waals surface area contributed by atoms with E-state index < -0.39 is 5.82 Å². The summed E-state index contributed by atoms with van der Waals surface area (Å²) in [5.41, 5.74) is 1.43. The van der Waals surface area contributed by atoms with Gasteiger partial charge in [0.15, 0.2) is 0 Å². The first kappa shape index (κ1) is 18.3. The molecule has 8 heteroatoms. The van der Waals surface area contributed by atoms with E-state index in [0.29, 0.717) is 16.8 Å². The van der Waals surface area contributed by atoms with Crippen LogP contribution < -0.4 is 15.4 Å². The van der Waals surface area contributed by atoms with Crippen LogP contribution in [0.4, 0.5) is 15.9 Å². The Labute approximate surface area is 165 Å². The second-order valence-corrected chi connectivity index (χ2v) is 7.98. The van der Waals surface area contributed by atoms with E-state index in [1.165, 1.54) is 18.5 Å². The third kappa shape index (κ3) is 3.95. The third-order valence-electron chi connectivity index (χ3n) is 4.41. The molecule has 2 heterocycles. The average molecular weight is 405 g/mol. The predicted molar refractivity (Wildman–Crippen MR) is 108 cm³/mol. The zero-order valence-electron chi connectivity index (χ0n) is 14.6. The number of fused-ring (bicyclic) bond motifs is 1. The molecular weight excluding hydrogens is 387 g/mol. The highest BCUT2D eigenvalue weighted by atomic mass is 35.5. The smallest absolute Gasteiger partial charge is 0.141 e. The molecule has 0 saturated carbocycles. The average Bonchev–Trinajstić information content (AvgIpc) is 3.18. The molecule has 1 aliphatic rings. The fourth-order valence-corrected chi connectivity index (χ4v) is 4.46. The Balaban J connectivity index is 1.72. The molecule has 1 unspecified atom stereocenters. The molecule has 1 fully saturated rings.